The van der Waals surface area contributed by atoms with E-state index < -0.39 is 0 Å². The van der Waals surface area contributed by atoms with E-state index in [2.05, 4.69) is 15.9 Å². The first kappa shape index (κ1) is 15.4. The van der Waals surface area contributed by atoms with Crippen LogP contribution in [0.25, 0.3) is 0 Å². The Morgan fingerprint density at radius 2 is 1.70 bits per heavy atom. The molecular weight excluding hydrogens is 386 g/mol. The number of nitrogens with two attached hydrogens (primary N) is 1. The molecule has 3 N–H and O–H groups in total. The van der Waals surface area contributed by atoms with Crippen LogP contribution >= 0.6 is 50.7 Å². The summed E-state index contributed by atoms with van der Waals surface area (Å²) in [6.45, 7) is 0. The van der Waals surface area contributed by atoms with Gasteiger partial charge in [-0.25, -0.2) is 0 Å². The number of rotatable bonds is 3. The fourth-order valence-electron chi connectivity index (χ4n) is 1.49. The zero-order valence-electron chi connectivity index (χ0n) is 9.88. The zero-order valence-corrected chi connectivity index (χ0v) is 13.7. The standard InChI is InChI=1S/C13H8BrCl3N2O/c14-8-3-6(1-2-7(8)13(18)19)20-12-5-10(16)9(15)4-11(12)17/h1-5H,(H3,18,19). The van der Waals surface area contributed by atoms with Gasteiger partial charge in [-0.05, 0) is 40.2 Å². The molecule has 0 unspecified atom stereocenters. The summed E-state index contributed by atoms with van der Waals surface area (Å²) in [4.78, 5) is 0. The van der Waals surface area contributed by atoms with Crippen LogP contribution in [0.4, 0.5) is 0 Å². The van der Waals surface area contributed by atoms with Crippen molar-refractivity contribution in [3.63, 3.8) is 0 Å². The Kier molecular flexibility index (Phi) is 4.81. The molecule has 7 heteroatoms. The van der Waals surface area contributed by atoms with Crippen LogP contribution in [0.3, 0.4) is 0 Å². The molecule has 0 amide bonds. The van der Waals surface area contributed by atoms with Crippen LogP contribution in [0, 0.1) is 5.41 Å². The first-order valence-corrected chi connectivity index (χ1v) is 7.27. The van der Waals surface area contributed by atoms with Crippen molar-refractivity contribution in [2.24, 2.45) is 5.73 Å². The molecule has 0 aliphatic carbocycles. The summed E-state index contributed by atoms with van der Waals surface area (Å²) in [6.07, 6.45) is 0. The van der Waals surface area contributed by atoms with Crippen molar-refractivity contribution in [1.29, 1.82) is 5.41 Å². The van der Waals surface area contributed by atoms with Crippen molar-refractivity contribution >= 4 is 56.6 Å². The molecule has 0 bridgehead atoms. The molecule has 2 aromatic rings. The lowest BCUT2D eigenvalue weighted by molar-refractivity contribution is 0.482. The molecule has 0 saturated carbocycles. The largest absolute Gasteiger partial charge is 0.456 e. The van der Waals surface area contributed by atoms with Gasteiger partial charge < -0.3 is 10.5 Å². The summed E-state index contributed by atoms with van der Waals surface area (Å²) in [5, 5.41) is 8.47. The van der Waals surface area contributed by atoms with Crippen molar-refractivity contribution in [1.82, 2.24) is 0 Å². The van der Waals surface area contributed by atoms with Crippen LogP contribution in [0.1, 0.15) is 5.56 Å². The predicted molar refractivity (Wildman–Crippen MR) is 86.7 cm³/mol. The van der Waals surface area contributed by atoms with Crippen LogP contribution in [-0.2, 0) is 0 Å². The van der Waals surface area contributed by atoms with E-state index in [9.17, 15) is 0 Å². The molecule has 20 heavy (non-hydrogen) atoms. The topological polar surface area (TPSA) is 59.1 Å². The van der Waals surface area contributed by atoms with Crippen LogP contribution < -0.4 is 10.5 Å². The molecule has 0 aromatic heterocycles. The summed E-state index contributed by atoms with van der Waals surface area (Å²) in [5.41, 5.74) is 6.02. The molecule has 0 atom stereocenters. The highest BCUT2D eigenvalue weighted by atomic mass is 79.9. The summed E-state index contributed by atoms with van der Waals surface area (Å²) in [6, 6.07) is 8.10. The van der Waals surface area contributed by atoms with Gasteiger partial charge in [-0.3, -0.25) is 5.41 Å². The second-order valence-electron chi connectivity index (χ2n) is 3.85. The van der Waals surface area contributed by atoms with Gasteiger partial charge in [0.15, 0.2) is 0 Å². The first-order chi connectivity index (χ1) is 9.38. The van der Waals surface area contributed by atoms with Crippen molar-refractivity contribution in [2.45, 2.75) is 0 Å². The van der Waals surface area contributed by atoms with Gasteiger partial charge in [-0.15, -0.1) is 0 Å². The highest BCUT2D eigenvalue weighted by Gasteiger charge is 2.10. The van der Waals surface area contributed by atoms with Gasteiger partial charge in [0.05, 0.1) is 15.1 Å². The molecule has 0 saturated heterocycles. The highest BCUT2D eigenvalue weighted by Crippen LogP contribution is 2.37. The lowest BCUT2D eigenvalue weighted by Gasteiger charge is -2.10. The average molecular weight is 394 g/mol. The number of halogens is 4. The van der Waals surface area contributed by atoms with Crippen LogP contribution in [0.5, 0.6) is 11.5 Å². The Hall–Kier alpha value is -0.940. The van der Waals surface area contributed by atoms with Crippen molar-refractivity contribution in [3.8, 4) is 11.5 Å². The van der Waals surface area contributed by atoms with Gasteiger partial charge in [0.1, 0.15) is 17.3 Å². The Bertz CT molecular complexity index is 692. The number of ether oxygens (including phenoxy) is 1. The normalized spacial score (nSPS) is 10.4. The Morgan fingerprint density at radius 1 is 1.05 bits per heavy atom. The number of nitrogen functional groups attached to an aromatic ring is 1. The number of benzene rings is 2. The fourth-order valence-corrected chi connectivity index (χ4v) is 2.63. The smallest absolute Gasteiger partial charge is 0.147 e. The maximum absolute atomic E-state index is 7.41. The van der Waals surface area contributed by atoms with Crippen LogP contribution in [0.15, 0.2) is 34.8 Å². The van der Waals surface area contributed by atoms with E-state index in [0.717, 1.165) is 0 Å². The van der Waals surface area contributed by atoms with Crippen molar-refractivity contribution < 1.29 is 4.74 Å². The maximum Gasteiger partial charge on any atom is 0.147 e. The van der Waals surface area contributed by atoms with E-state index in [1.807, 2.05) is 0 Å². The first-order valence-electron chi connectivity index (χ1n) is 5.35. The Balaban J connectivity index is 2.33. The minimum Gasteiger partial charge on any atom is -0.456 e. The predicted octanol–water partition coefficient (Wildman–Crippen LogP) is 5.49. The van der Waals surface area contributed by atoms with E-state index in [-0.39, 0.29) is 5.84 Å². The lowest BCUT2D eigenvalue weighted by Crippen LogP contribution is -2.11. The molecule has 3 nitrogen and oxygen atoms in total. The maximum atomic E-state index is 7.41. The monoisotopic (exact) mass is 392 g/mol. The van der Waals surface area contributed by atoms with Gasteiger partial charge in [0, 0.05) is 16.1 Å². The molecule has 2 aromatic carbocycles. The second-order valence-corrected chi connectivity index (χ2v) is 5.93. The number of amidine groups is 1. The van der Waals surface area contributed by atoms with Gasteiger partial charge in [-0.1, -0.05) is 34.8 Å². The Labute approximate surface area is 139 Å². The molecule has 0 aliphatic rings. The average Bonchev–Trinajstić information content (AvgIpc) is 2.35. The summed E-state index contributed by atoms with van der Waals surface area (Å²) >= 11 is 21.1. The molecule has 0 heterocycles. The molecular formula is C13H8BrCl3N2O. The molecule has 0 radical (unpaired) electrons. The number of hydrogen-bond donors (Lipinski definition) is 2. The third kappa shape index (κ3) is 3.38. The van der Waals surface area contributed by atoms with Gasteiger partial charge >= 0.3 is 0 Å². The molecule has 0 spiro atoms. The number of nitrogens with one attached hydrogen (secondary N) is 1. The second kappa shape index (κ2) is 6.22. The minimum atomic E-state index is -0.0315. The lowest BCUT2D eigenvalue weighted by atomic mass is 10.2. The minimum absolute atomic E-state index is 0.0315. The fraction of sp³-hybridized carbons (Fsp3) is 0. The highest BCUT2D eigenvalue weighted by molar-refractivity contribution is 9.10. The summed E-state index contributed by atoms with van der Waals surface area (Å²) in [5.74, 6) is 0.890. The van der Waals surface area contributed by atoms with E-state index in [1.54, 1.807) is 24.3 Å². The van der Waals surface area contributed by atoms with E-state index in [4.69, 9.17) is 50.7 Å². The van der Waals surface area contributed by atoms with Gasteiger partial charge in [0.2, 0.25) is 0 Å². The zero-order chi connectivity index (χ0) is 14.9. The molecule has 0 fully saturated rings. The molecule has 2 rings (SSSR count). The SMILES string of the molecule is N=C(N)c1ccc(Oc2cc(Cl)c(Cl)cc2Cl)cc1Br. The van der Waals surface area contributed by atoms with Crippen LogP contribution in [-0.4, -0.2) is 5.84 Å². The molecule has 104 valence electrons. The molecule has 0 aliphatic heterocycles. The van der Waals surface area contributed by atoms with Crippen molar-refractivity contribution in [2.75, 3.05) is 0 Å². The third-order valence-corrected chi connectivity index (χ3v) is 4.11. The van der Waals surface area contributed by atoms with Gasteiger partial charge in [-0.2, -0.15) is 0 Å². The Morgan fingerprint density at radius 3 is 2.30 bits per heavy atom. The summed E-state index contributed by atoms with van der Waals surface area (Å²) in [7, 11) is 0. The van der Waals surface area contributed by atoms with Gasteiger partial charge in [0.25, 0.3) is 0 Å². The van der Waals surface area contributed by atoms with E-state index in [1.165, 1.54) is 6.07 Å². The van der Waals surface area contributed by atoms with E-state index >= 15 is 0 Å². The quantitative estimate of drug-likeness (QED) is 0.411. The third-order valence-electron chi connectivity index (χ3n) is 2.43. The number of hydrogen-bond acceptors (Lipinski definition) is 2. The van der Waals surface area contributed by atoms with E-state index in [0.29, 0.717) is 36.6 Å². The van der Waals surface area contributed by atoms with Crippen LogP contribution in [0.2, 0.25) is 15.1 Å². The summed E-state index contributed by atoms with van der Waals surface area (Å²) < 4.78 is 6.30. The van der Waals surface area contributed by atoms with Crippen molar-refractivity contribution in [3.05, 3.63) is 55.4 Å².